The van der Waals surface area contributed by atoms with Gasteiger partial charge in [-0.2, -0.15) is 0 Å². The molecule has 21 heavy (non-hydrogen) atoms. The number of methoxy groups -OCH3 is 1. The van der Waals surface area contributed by atoms with Crippen LogP contribution >= 0.6 is 11.6 Å². The maximum absolute atomic E-state index is 6.09. The van der Waals surface area contributed by atoms with Gasteiger partial charge in [0.25, 0.3) is 0 Å². The van der Waals surface area contributed by atoms with E-state index in [1.165, 1.54) is 0 Å². The molecule has 0 fully saturated rings. The lowest BCUT2D eigenvalue weighted by atomic mass is 9.92. The molecule has 4 nitrogen and oxygen atoms in total. The van der Waals surface area contributed by atoms with Crippen molar-refractivity contribution in [1.82, 2.24) is 14.5 Å². The quantitative estimate of drug-likeness (QED) is 0.766. The summed E-state index contributed by atoms with van der Waals surface area (Å²) in [6.45, 7) is 6.39. The molecule has 0 unspecified atom stereocenters. The summed E-state index contributed by atoms with van der Waals surface area (Å²) in [5.41, 5.74) is 2.17. The van der Waals surface area contributed by atoms with E-state index in [-0.39, 0.29) is 5.41 Å². The molecule has 0 spiro atoms. The summed E-state index contributed by atoms with van der Waals surface area (Å²) < 4.78 is 7.55. The maximum Gasteiger partial charge on any atom is 0.124 e. The van der Waals surface area contributed by atoms with Crippen LogP contribution in [0.1, 0.15) is 19.7 Å². The number of imidazole rings is 1. The number of halogens is 1. The SMILES string of the molecule is COc1ccc2nc(CCl)n(CC(C)(C)CN(C)C)c2c1. The third-order valence-corrected chi connectivity index (χ3v) is 3.72. The van der Waals surface area contributed by atoms with Gasteiger partial charge in [-0.15, -0.1) is 11.6 Å². The molecule has 0 aliphatic rings. The van der Waals surface area contributed by atoms with Crippen molar-refractivity contribution in [2.75, 3.05) is 27.7 Å². The minimum atomic E-state index is 0.126. The first kappa shape index (κ1) is 16.1. The van der Waals surface area contributed by atoms with Gasteiger partial charge in [-0.1, -0.05) is 13.8 Å². The lowest BCUT2D eigenvalue weighted by Crippen LogP contribution is -2.32. The largest absolute Gasteiger partial charge is 0.497 e. The fraction of sp³-hybridized carbons (Fsp3) is 0.562. The summed E-state index contributed by atoms with van der Waals surface area (Å²) >= 11 is 6.09. The second kappa shape index (κ2) is 6.24. The number of alkyl halides is 1. The van der Waals surface area contributed by atoms with Gasteiger partial charge in [0, 0.05) is 19.2 Å². The van der Waals surface area contributed by atoms with Gasteiger partial charge in [-0.25, -0.2) is 4.98 Å². The van der Waals surface area contributed by atoms with E-state index in [4.69, 9.17) is 16.3 Å². The number of aromatic nitrogens is 2. The molecule has 116 valence electrons. The fourth-order valence-electron chi connectivity index (χ4n) is 2.89. The maximum atomic E-state index is 6.09. The average molecular weight is 310 g/mol. The molecule has 1 aromatic carbocycles. The van der Waals surface area contributed by atoms with E-state index < -0.39 is 0 Å². The number of fused-ring (bicyclic) bond motifs is 1. The normalized spacial score (nSPS) is 12.3. The Morgan fingerprint density at radius 1 is 1.33 bits per heavy atom. The van der Waals surface area contributed by atoms with Gasteiger partial charge in [-0.05, 0) is 31.6 Å². The Bertz CT molecular complexity index is 619. The molecule has 0 radical (unpaired) electrons. The van der Waals surface area contributed by atoms with Crippen LogP contribution in [0, 0.1) is 5.41 Å². The standard InChI is InChI=1S/C16H24ClN3O/c1-16(2,10-19(3)4)11-20-14-8-12(21-5)6-7-13(14)18-15(20)9-17/h6-8H,9-11H2,1-5H3. The first-order valence-electron chi connectivity index (χ1n) is 7.10. The molecular weight excluding hydrogens is 286 g/mol. The summed E-state index contributed by atoms with van der Waals surface area (Å²) in [6.07, 6.45) is 0. The van der Waals surface area contributed by atoms with E-state index in [0.29, 0.717) is 5.88 Å². The van der Waals surface area contributed by atoms with Crippen LogP contribution in [0.15, 0.2) is 18.2 Å². The molecule has 0 aliphatic carbocycles. The highest BCUT2D eigenvalue weighted by atomic mass is 35.5. The third-order valence-electron chi connectivity index (χ3n) is 3.48. The predicted molar refractivity (Wildman–Crippen MR) is 88.2 cm³/mol. The molecule has 0 aliphatic heterocycles. The Balaban J connectivity index is 2.45. The van der Waals surface area contributed by atoms with Crippen molar-refractivity contribution in [2.45, 2.75) is 26.3 Å². The number of nitrogens with zero attached hydrogens (tertiary/aromatic N) is 3. The van der Waals surface area contributed by atoms with E-state index in [2.05, 4.69) is 42.4 Å². The fourth-order valence-corrected chi connectivity index (χ4v) is 3.10. The van der Waals surface area contributed by atoms with Gasteiger partial charge in [0.1, 0.15) is 11.6 Å². The van der Waals surface area contributed by atoms with Crippen molar-refractivity contribution in [3.63, 3.8) is 0 Å². The molecule has 0 atom stereocenters. The number of ether oxygens (including phenoxy) is 1. The third kappa shape index (κ3) is 3.69. The lowest BCUT2D eigenvalue weighted by Gasteiger charge is -2.29. The summed E-state index contributed by atoms with van der Waals surface area (Å²) in [5, 5.41) is 0. The summed E-state index contributed by atoms with van der Waals surface area (Å²) in [5.74, 6) is 2.16. The van der Waals surface area contributed by atoms with Crippen LogP contribution in [0.4, 0.5) is 0 Å². The van der Waals surface area contributed by atoms with E-state index in [9.17, 15) is 0 Å². The Morgan fingerprint density at radius 3 is 2.62 bits per heavy atom. The molecule has 1 heterocycles. The molecule has 2 rings (SSSR count). The minimum Gasteiger partial charge on any atom is -0.497 e. The van der Waals surface area contributed by atoms with Gasteiger partial charge in [0.2, 0.25) is 0 Å². The highest BCUT2D eigenvalue weighted by Gasteiger charge is 2.23. The van der Waals surface area contributed by atoms with Crippen LogP contribution in [-0.4, -0.2) is 42.2 Å². The van der Waals surface area contributed by atoms with Gasteiger partial charge in [0.05, 0.1) is 24.0 Å². The molecule has 0 N–H and O–H groups in total. The van der Waals surface area contributed by atoms with Crippen molar-refractivity contribution in [3.8, 4) is 5.75 Å². The molecular formula is C16H24ClN3O. The lowest BCUT2D eigenvalue weighted by molar-refractivity contribution is 0.212. The van der Waals surface area contributed by atoms with Crippen molar-refractivity contribution in [2.24, 2.45) is 5.41 Å². The Kier molecular flexibility index (Phi) is 4.79. The molecule has 2 aromatic rings. The topological polar surface area (TPSA) is 30.3 Å². The highest BCUT2D eigenvalue weighted by Crippen LogP contribution is 2.27. The predicted octanol–water partition coefficient (Wildman–Crippen LogP) is 3.37. The first-order chi connectivity index (χ1) is 9.86. The van der Waals surface area contributed by atoms with E-state index in [0.717, 1.165) is 35.7 Å². The van der Waals surface area contributed by atoms with Crippen molar-refractivity contribution >= 4 is 22.6 Å². The van der Waals surface area contributed by atoms with Crippen LogP contribution in [-0.2, 0) is 12.4 Å². The van der Waals surface area contributed by atoms with Crippen LogP contribution in [0.25, 0.3) is 11.0 Å². The Morgan fingerprint density at radius 2 is 2.05 bits per heavy atom. The van der Waals surface area contributed by atoms with Crippen LogP contribution < -0.4 is 4.74 Å². The molecule has 1 aromatic heterocycles. The molecule has 0 saturated heterocycles. The smallest absolute Gasteiger partial charge is 0.124 e. The van der Waals surface area contributed by atoms with E-state index in [1.54, 1.807) is 7.11 Å². The van der Waals surface area contributed by atoms with Gasteiger partial charge in [-0.3, -0.25) is 0 Å². The van der Waals surface area contributed by atoms with Crippen molar-refractivity contribution < 1.29 is 4.74 Å². The summed E-state index contributed by atoms with van der Waals surface area (Å²) in [7, 11) is 5.87. The number of hydrogen-bond donors (Lipinski definition) is 0. The molecule has 5 heteroatoms. The first-order valence-corrected chi connectivity index (χ1v) is 7.63. The average Bonchev–Trinajstić information content (AvgIpc) is 2.73. The minimum absolute atomic E-state index is 0.126. The van der Waals surface area contributed by atoms with E-state index in [1.807, 2.05) is 18.2 Å². The van der Waals surface area contributed by atoms with Gasteiger partial charge < -0.3 is 14.2 Å². The van der Waals surface area contributed by atoms with E-state index >= 15 is 0 Å². The Labute approximate surface area is 131 Å². The number of hydrogen-bond acceptors (Lipinski definition) is 3. The molecule has 0 saturated carbocycles. The van der Waals surface area contributed by atoms with Gasteiger partial charge in [0.15, 0.2) is 0 Å². The highest BCUT2D eigenvalue weighted by molar-refractivity contribution is 6.16. The Hall–Kier alpha value is -1.26. The zero-order valence-corrected chi connectivity index (χ0v) is 14.2. The van der Waals surface area contributed by atoms with Crippen molar-refractivity contribution in [1.29, 1.82) is 0 Å². The number of rotatable bonds is 6. The summed E-state index contributed by atoms with van der Waals surface area (Å²) in [4.78, 5) is 6.84. The van der Waals surface area contributed by atoms with Crippen molar-refractivity contribution in [3.05, 3.63) is 24.0 Å². The summed E-state index contributed by atoms with van der Waals surface area (Å²) in [6, 6.07) is 5.95. The zero-order valence-electron chi connectivity index (χ0n) is 13.5. The zero-order chi connectivity index (χ0) is 15.6. The second-order valence-electron chi connectivity index (χ2n) is 6.50. The second-order valence-corrected chi connectivity index (χ2v) is 6.77. The monoisotopic (exact) mass is 309 g/mol. The van der Waals surface area contributed by atoms with Crippen LogP contribution in [0.3, 0.4) is 0 Å². The number of benzene rings is 1. The molecule has 0 bridgehead atoms. The van der Waals surface area contributed by atoms with Gasteiger partial charge >= 0.3 is 0 Å². The molecule has 0 amide bonds. The van der Waals surface area contributed by atoms with Crippen LogP contribution in [0.2, 0.25) is 0 Å². The van der Waals surface area contributed by atoms with Crippen LogP contribution in [0.5, 0.6) is 5.75 Å².